The number of ether oxygens (including phenoxy) is 4. The maximum atomic E-state index is 12.4. The van der Waals surface area contributed by atoms with Gasteiger partial charge in [0.2, 0.25) is 0 Å². The molecule has 2 aromatic carbocycles. The fourth-order valence-electron chi connectivity index (χ4n) is 2.54. The molecule has 0 saturated heterocycles. The minimum absolute atomic E-state index is 0.0262. The Morgan fingerprint density at radius 1 is 0.846 bits per heavy atom. The van der Waals surface area contributed by atoms with Gasteiger partial charge in [-0.1, -0.05) is 0 Å². The number of Topliss-reactive ketones (excluding diaryl/α,β-unsaturated/α-hetero) is 1. The van der Waals surface area contributed by atoms with Gasteiger partial charge in [0, 0.05) is 16.7 Å². The van der Waals surface area contributed by atoms with Crippen LogP contribution in [-0.2, 0) is 11.3 Å². The number of ketones is 1. The van der Waals surface area contributed by atoms with Crippen molar-refractivity contribution >= 4 is 11.8 Å². The number of methoxy groups -OCH3 is 3. The maximum absolute atomic E-state index is 12.4. The van der Waals surface area contributed by atoms with Crippen molar-refractivity contribution in [3.8, 4) is 17.2 Å². The molecule has 0 aliphatic heterocycles. The lowest BCUT2D eigenvalue weighted by Crippen LogP contribution is -2.08. The first kappa shape index (κ1) is 19.3. The molecule has 0 spiro atoms. The molecule has 0 N–H and O–H groups in total. The van der Waals surface area contributed by atoms with Crippen molar-refractivity contribution in [1.82, 2.24) is 0 Å². The highest BCUT2D eigenvalue weighted by Crippen LogP contribution is 2.30. The first-order valence-corrected chi connectivity index (χ1v) is 7.98. The fourth-order valence-corrected chi connectivity index (χ4v) is 2.54. The molecule has 0 saturated carbocycles. The molecule has 0 radical (unpaired) electrons. The zero-order chi connectivity index (χ0) is 19.3. The van der Waals surface area contributed by atoms with Crippen LogP contribution in [0.1, 0.15) is 38.8 Å². The summed E-state index contributed by atoms with van der Waals surface area (Å²) >= 11 is 0. The highest BCUT2D eigenvalue weighted by molar-refractivity contribution is 5.94. The maximum Gasteiger partial charge on any atom is 0.338 e. The van der Waals surface area contributed by atoms with E-state index in [9.17, 15) is 9.59 Å². The third kappa shape index (κ3) is 4.14. The molecule has 0 atom stereocenters. The summed E-state index contributed by atoms with van der Waals surface area (Å²) in [5.74, 6) is 1.01. The average Bonchev–Trinajstić information content (AvgIpc) is 2.65. The summed E-state index contributed by atoms with van der Waals surface area (Å²) in [5, 5.41) is 0. The highest BCUT2D eigenvalue weighted by atomic mass is 16.5. The lowest BCUT2D eigenvalue weighted by atomic mass is 10.1. The van der Waals surface area contributed by atoms with E-state index in [0.717, 1.165) is 5.56 Å². The first-order valence-electron chi connectivity index (χ1n) is 7.98. The van der Waals surface area contributed by atoms with Gasteiger partial charge in [0.05, 0.1) is 26.9 Å². The van der Waals surface area contributed by atoms with Crippen molar-refractivity contribution in [3.05, 3.63) is 52.6 Å². The molecule has 2 aromatic rings. The van der Waals surface area contributed by atoms with E-state index in [1.165, 1.54) is 28.3 Å². The van der Waals surface area contributed by atoms with E-state index in [0.29, 0.717) is 33.9 Å². The molecule has 0 unspecified atom stereocenters. The largest absolute Gasteiger partial charge is 0.496 e. The second-order valence-electron chi connectivity index (χ2n) is 5.66. The highest BCUT2D eigenvalue weighted by Gasteiger charge is 2.16. The van der Waals surface area contributed by atoms with Crippen LogP contribution in [0.15, 0.2) is 30.3 Å². The smallest absolute Gasteiger partial charge is 0.338 e. The Kier molecular flexibility index (Phi) is 6.22. The van der Waals surface area contributed by atoms with Crippen molar-refractivity contribution in [2.75, 3.05) is 21.3 Å². The lowest BCUT2D eigenvalue weighted by Gasteiger charge is -2.13. The molecule has 0 heterocycles. The number of hydrogen-bond acceptors (Lipinski definition) is 6. The van der Waals surface area contributed by atoms with Crippen LogP contribution in [0.2, 0.25) is 0 Å². The predicted octanol–water partition coefficient (Wildman–Crippen LogP) is 3.58. The Hall–Kier alpha value is -3.02. The molecule has 0 fully saturated rings. The van der Waals surface area contributed by atoms with E-state index in [1.54, 1.807) is 30.3 Å². The molecule has 2 rings (SSSR count). The van der Waals surface area contributed by atoms with Gasteiger partial charge in [0.1, 0.15) is 23.9 Å². The SMILES string of the molecule is COc1ccc(C(C)=O)cc1COC(=O)c1cc(OC)c(C)c(OC)c1. The third-order valence-electron chi connectivity index (χ3n) is 4.03. The molecule has 6 heteroatoms. The van der Waals surface area contributed by atoms with Gasteiger partial charge in [-0.15, -0.1) is 0 Å². The van der Waals surface area contributed by atoms with Crippen LogP contribution in [-0.4, -0.2) is 33.1 Å². The Morgan fingerprint density at radius 3 is 1.92 bits per heavy atom. The topological polar surface area (TPSA) is 71.1 Å². The lowest BCUT2D eigenvalue weighted by molar-refractivity contribution is 0.0469. The van der Waals surface area contributed by atoms with Crippen LogP contribution in [0, 0.1) is 6.92 Å². The van der Waals surface area contributed by atoms with E-state index < -0.39 is 5.97 Å². The van der Waals surface area contributed by atoms with Gasteiger partial charge >= 0.3 is 5.97 Å². The van der Waals surface area contributed by atoms with E-state index >= 15 is 0 Å². The summed E-state index contributed by atoms with van der Waals surface area (Å²) in [7, 11) is 4.56. The summed E-state index contributed by atoms with van der Waals surface area (Å²) in [4.78, 5) is 24.0. The van der Waals surface area contributed by atoms with Gasteiger partial charge < -0.3 is 18.9 Å². The standard InChI is InChI=1S/C20H22O6/c1-12-18(24-4)9-15(10-19(12)25-5)20(22)26-11-16-8-14(13(2)21)6-7-17(16)23-3/h6-10H,11H2,1-5H3. The predicted molar refractivity (Wildman–Crippen MR) is 96.4 cm³/mol. The van der Waals surface area contributed by atoms with Crippen LogP contribution in [0.3, 0.4) is 0 Å². The molecule has 0 bridgehead atoms. The van der Waals surface area contributed by atoms with Crippen molar-refractivity contribution in [2.24, 2.45) is 0 Å². The summed E-state index contributed by atoms with van der Waals surface area (Å²) in [6.45, 7) is 3.29. The first-order chi connectivity index (χ1) is 12.4. The second kappa shape index (κ2) is 8.38. The van der Waals surface area contributed by atoms with Gasteiger partial charge in [-0.25, -0.2) is 4.79 Å². The molecular weight excluding hydrogens is 336 g/mol. The zero-order valence-corrected chi connectivity index (χ0v) is 15.5. The van der Waals surface area contributed by atoms with E-state index in [4.69, 9.17) is 18.9 Å². The Bertz CT molecular complexity index is 800. The van der Waals surface area contributed by atoms with E-state index in [2.05, 4.69) is 0 Å². The van der Waals surface area contributed by atoms with Gasteiger partial charge in [-0.05, 0) is 44.2 Å². The quantitative estimate of drug-likeness (QED) is 0.556. The molecule has 138 valence electrons. The number of benzene rings is 2. The second-order valence-corrected chi connectivity index (χ2v) is 5.66. The number of carbonyl (C=O) groups excluding carboxylic acids is 2. The van der Waals surface area contributed by atoms with Crippen molar-refractivity contribution in [2.45, 2.75) is 20.5 Å². The van der Waals surface area contributed by atoms with Crippen molar-refractivity contribution < 1.29 is 28.5 Å². The monoisotopic (exact) mass is 358 g/mol. The van der Waals surface area contributed by atoms with E-state index in [-0.39, 0.29) is 12.4 Å². The molecular formula is C20H22O6. The summed E-state index contributed by atoms with van der Waals surface area (Å²) in [6.07, 6.45) is 0. The van der Waals surface area contributed by atoms with Gasteiger partial charge in [0.25, 0.3) is 0 Å². The Labute approximate surface area is 152 Å². The fraction of sp³-hybridized carbons (Fsp3) is 0.300. The number of hydrogen-bond donors (Lipinski definition) is 0. The number of esters is 1. The van der Waals surface area contributed by atoms with Crippen LogP contribution in [0.5, 0.6) is 17.2 Å². The van der Waals surface area contributed by atoms with Crippen molar-refractivity contribution in [3.63, 3.8) is 0 Å². The van der Waals surface area contributed by atoms with E-state index in [1.807, 2.05) is 6.92 Å². The van der Waals surface area contributed by atoms with Gasteiger partial charge in [0.15, 0.2) is 5.78 Å². The van der Waals surface area contributed by atoms with Gasteiger partial charge in [-0.3, -0.25) is 4.79 Å². The van der Waals surface area contributed by atoms with Crippen LogP contribution in [0.4, 0.5) is 0 Å². The molecule has 6 nitrogen and oxygen atoms in total. The Morgan fingerprint density at radius 2 is 1.42 bits per heavy atom. The Balaban J connectivity index is 2.24. The minimum atomic E-state index is -0.531. The van der Waals surface area contributed by atoms with Crippen LogP contribution >= 0.6 is 0 Å². The third-order valence-corrected chi connectivity index (χ3v) is 4.03. The minimum Gasteiger partial charge on any atom is -0.496 e. The van der Waals surface area contributed by atoms with Gasteiger partial charge in [-0.2, -0.15) is 0 Å². The van der Waals surface area contributed by atoms with Crippen molar-refractivity contribution in [1.29, 1.82) is 0 Å². The molecule has 0 amide bonds. The molecule has 0 aromatic heterocycles. The summed E-state index contributed by atoms with van der Waals surface area (Å²) in [6, 6.07) is 8.21. The number of rotatable bonds is 7. The normalized spacial score (nSPS) is 10.2. The number of carbonyl (C=O) groups is 2. The summed E-state index contributed by atoms with van der Waals surface area (Å²) in [5.41, 5.74) is 2.24. The zero-order valence-electron chi connectivity index (χ0n) is 15.5. The molecule has 0 aliphatic carbocycles. The average molecular weight is 358 g/mol. The van der Waals surface area contributed by atoms with Crippen LogP contribution < -0.4 is 14.2 Å². The molecule has 26 heavy (non-hydrogen) atoms. The summed E-state index contributed by atoms with van der Waals surface area (Å²) < 4.78 is 21.2. The molecule has 0 aliphatic rings. The van der Waals surface area contributed by atoms with Crippen LogP contribution in [0.25, 0.3) is 0 Å².